The summed E-state index contributed by atoms with van der Waals surface area (Å²) in [5.41, 5.74) is 1.68. The van der Waals surface area contributed by atoms with Crippen LogP contribution in [0.15, 0.2) is 65.6 Å². The Labute approximate surface area is 201 Å². The van der Waals surface area contributed by atoms with Gasteiger partial charge in [-0.2, -0.15) is 5.10 Å². The minimum Gasteiger partial charge on any atom is -0.492 e. The Morgan fingerprint density at radius 3 is 2.69 bits per heavy atom. The molecule has 4 aromatic rings. The molecular formula is C24H24F2N4O4S. The van der Waals surface area contributed by atoms with E-state index in [1.807, 2.05) is 29.8 Å². The normalized spacial score (nSPS) is 12.6. The summed E-state index contributed by atoms with van der Waals surface area (Å²) in [7, 11) is -4.36. The fraction of sp³-hybridized carbons (Fsp3) is 0.208. The van der Waals surface area contributed by atoms with Gasteiger partial charge in [0, 0.05) is 30.2 Å². The quantitative estimate of drug-likeness (QED) is 0.246. The molecule has 3 aromatic carbocycles. The van der Waals surface area contributed by atoms with Gasteiger partial charge in [0.2, 0.25) is 0 Å². The summed E-state index contributed by atoms with van der Waals surface area (Å²) in [6.45, 7) is 2.81. The smallest absolute Gasteiger partial charge is 0.264 e. The maximum absolute atomic E-state index is 14.3. The summed E-state index contributed by atoms with van der Waals surface area (Å²) in [5, 5.41) is 21.6. The van der Waals surface area contributed by atoms with E-state index >= 15 is 0 Å². The fourth-order valence-corrected chi connectivity index (χ4v) is 4.64. The molecule has 0 spiro atoms. The maximum Gasteiger partial charge on any atom is 0.264 e. The molecule has 1 atom stereocenters. The number of hydrogen-bond acceptors (Lipinski definition) is 6. The van der Waals surface area contributed by atoms with Crippen molar-refractivity contribution in [2.75, 3.05) is 24.4 Å². The van der Waals surface area contributed by atoms with Gasteiger partial charge in [-0.05, 0) is 48.9 Å². The first kappa shape index (κ1) is 24.6. The molecule has 1 aromatic heterocycles. The molecule has 0 fully saturated rings. The van der Waals surface area contributed by atoms with E-state index in [0.717, 1.165) is 34.8 Å². The SMILES string of the molecule is Cc1[nH]nc2cc(OCCNC[C@H](O)c3ccc(F)c(NS(=O)(=O)c4ccccc4F)c3)ccc12. The lowest BCUT2D eigenvalue weighted by atomic mass is 10.1. The Bertz CT molecular complexity index is 1440. The highest BCUT2D eigenvalue weighted by Gasteiger charge is 2.21. The maximum atomic E-state index is 14.3. The Kier molecular flexibility index (Phi) is 7.29. The van der Waals surface area contributed by atoms with Crippen molar-refractivity contribution in [3.63, 3.8) is 0 Å². The predicted octanol–water partition coefficient (Wildman–Crippen LogP) is 3.65. The largest absolute Gasteiger partial charge is 0.492 e. The van der Waals surface area contributed by atoms with Gasteiger partial charge < -0.3 is 15.2 Å². The lowest BCUT2D eigenvalue weighted by Gasteiger charge is -2.15. The minimum atomic E-state index is -4.36. The summed E-state index contributed by atoms with van der Waals surface area (Å²) >= 11 is 0. The number of aliphatic hydroxyl groups is 1. The van der Waals surface area contributed by atoms with Crippen LogP contribution >= 0.6 is 0 Å². The van der Waals surface area contributed by atoms with Gasteiger partial charge in [0.25, 0.3) is 10.0 Å². The van der Waals surface area contributed by atoms with E-state index in [0.29, 0.717) is 18.9 Å². The van der Waals surface area contributed by atoms with Gasteiger partial charge in [-0.25, -0.2) is 17.2 Å². The van der Waals surface area contributed by atoms with Crippen LogP contribution in [0.5, 0.6) is 5.75 Å². The zero-order valence-electron chi connectivity index (χ0n) is 18.8. The highest BCUT2D eigenvalue weighted by molar-refractivity contribution is 7.92. The summed E-state index contributed by atoms with van der Waals surface area (Å²) in [6, 6.07) is 13.9. The monoisotopic (exact) mass is 502 g/mol. The minimum absolute atomic E-state index is 0.117. The predicted molar refractivity (Wildman–Crippen MR) is 128 cm³/mol. The third-order valence-electron chi connectivity index (χ3n) is 5.35. The van der Waals surface area contributed by atoms with Gasteiger partial charge in [0.05, 0.1) is 17.3 Å². The van der Waals surface area contributed by atoms with Crippen LogP contribution in [0.2, 0.25) is 0 Å². The number of halogens is 2. The van der Waals surface area contributed by atoms with Gasteiger partial charge >= 0.3 is 0 Å². The molecule has 0 saturated heterocycles. The summed E-state index contributed by atoms with van der Waals surface area (Å²) in [6.07, 6.45) is -1.05. The molecule has 0 aliphatic rings. The van der Waals surface area contributed by atoms with Crippen molar-refractivity contribution in [3.05, 3.63) is 83.6 Å². The highest BCUT2D eigenvalue weighted by atomic mass is 32.2. The zero-order valence-corrected chi connectivity index (χ0v) is 19.6. The number of aromatic nitrogens is 2. The molecule has 1 heterocycles. The third kappa shape index (κ3) is 5.76. The first-order valence-electron chi connectivity index (χ1n) is 10.8. The molecule has 35 heavy (non-hydrogen) atoms. The molecule has 0 radical (unpaired) electrons. The van der Waals surface area contributed by atoms with E-state index in [-0.39, 0.29) is 12.1 Å². The van der Waals surface area contributed by atoms with Crippen LogP contribution in [0.1, 0.15) is 17.4 Å². The number of aromatic amines is 1. The molecule has 4 rings (SSSR count). The second kappa shape index (κ2) is 10.4. The van der Waals surface area contributed by atoms with Crippen molar-refractivity contribution in [3.8, 4) is 5.75 Å². The number of ether oxygens (including phenoxy) is 1. The second-order valence-corrected chi connectivity index (χ2v) is 9.52. The van der Waals surface area contributed by atoms with E-state index in [9.17, 15) is 22.3 Å². The number of H-pyrrole nitrogens is 1. The summed E-state index contributed by atoms with van der Waals surface area (Å²) in [4.78, 5) is -0.603. The molecule has 0 amide bonds. The molecule has 0 aliphatic heterocycles. The van der Waals surface area contributed by atoms with Crippen LogP contribution in [-0.2, 0) is 10.0 Å². The molecule has 4 N–H and O–H groups in total. The second-order valence-electron chi connectivity index (χ2n) is 7.87. The van der Waals surface area contributed by atoms with E-state index in [1.54, 1.807) is 0 Å². The van der Waals surface area contributed by atoms with E-state index in [4.69, 9.17) is 4.74 Å². The van der Waals surface area contributed by atoms with Gasteiger partial charge in [-0.1, -0.05) is 18.2 Å². The zero-order chi connectivity index (χ0) is 25.0. The average molecular weight is 503 g/mol. The first-order valence-corrected chi connectivity index (χ1v) is 12.3. The van der Waals surface area contributed by atoms with E-state index in [1.165, 1.54) is 24.3 Å². The van der Waals surface area contributed by atoms with Crippen molar-refractivity contribution < 1.29 is 27.0 Å². The Morgan fingerprint density at radius 1 is 1.09 bits per heavy atom. The molecule has 184 valence electrons. The molecule has 0 aliphatic carbocycles. The van der Waals surface area contributed by atoms with Crippen LogP contribution in [0.3, 0.4) is 0 Å². The topological polar surface area (TPSA) is 116 Å². The van der Waals surface area contributed by atoms with Crippen molar-refractivity contribution >= 4 is 26.6 Å². The number of nitrogens with zero attached hydrogens (tertiary/aromatic N) is 1. The van der Waals surface area contributed by atoms with Crippen LogP contribution in [0, 0.1) is 18.6 Å². The summed E-state index contributed by atoms with van der Waals surface area (Å²) < 4.78 is 60.9. The van der Waals surface area contributed by atoms with Gasteiger partial charge in [-0.3, -0.25) is 9.82 Å². The number of anilines is 1. The number of aliphatic hydroxyl groups excluding tert-OH is 1. The van der Waals surface area contributed by atoms with Crippen molar-refractivity contribution in [2.45, 2.75) is 17.9 Å². The number of nitrogens with one attached hydrogen (secondary N) is 3. The van der Waals surface area contributed by atoms with Crippen molar-refractivity contribution in [1.29, 1.82) is 0 Å². The van der Waals surface area contributed by atoms with Gasteiger partial charge in [-0.15, -0.1) is 0 Å². The Morgan fingerprint density at radius 2 is 1.89 bits per heavy atom. The Hall–Kier alpha value is -3.54. The summed E-state index contributed by atoms with van der Waals surface area (Å²) in [5.74, 6) is -1.15. The number of rotatable bonds is 10. The molecule has 8 nitrogen and oxygen atoms in total. The fourth-order valence-electron chi connectivity index (χ4n) is 3.50. The number of hydrogen-bond donors (Lipinski definition) is 4. The number of aryl methyl sites for hydroxylation is 1. The van der Waals surface area contributed by atoms with Crippen LogP contribution in [0.25, 0.3) is 10.9 Å². The first-order chi connectivity index (χ1) is 16.7. The van der Waals surface area contributed by atoms with Crippen LogP contribution in [-0.4, -0.2) is 43.4 Å². The standard InChI is InChI=1S/C24H24F2N4O4S/c1-15-18-8-7-17(13-21(18)29-28-15)34-11-10-27-14-23(31)16-6-9-19(25)22(12-16)30-35(32,33)24-5-3-2-4-20(24)26/h2-9,12-13,23,27,30-31H,10-11,14H2,1H3,(H,28,29)/t23-/m0/s1. The molecular weight excluding hydrogens is 478 g/mol. The van der Waals surface area contributed by atoms with Crippen LogP contribution in [0.4, 0.5) is 14.5 Å². The molecule has 0 bridgehead atoms. The van der Waals surface area contributed by atoms with Gasteiger partial charge in [0.1, 0.15) is 28.9 Å². The number of fused-ring (bicyclic) bond motifs is 1. The molecule has 0 saturated carbocycles. The number of benzene rings is 3. The third-order valence-corrected chi connectivity index (χ3v) is 6.75. The van der Waals surface area contributed by atoms with Crippen molar-refractivity contribution in [1.82, 2.24) is 15.5 Å². The molecule has 11 heteroatoms. The van der Waals surface area contributed by atoms with Crippen molar-refractivity contribution in [2.24, 2.45) is 0 Å². The number of sulfonamides is 1. The van der Waals surface area contributed by atoms with E-state index in [2.05, 4.69) is 15.5 Å². The van der Waals surface area contributed by atoms with Gasteiger partial charge in [0.15, 0.2) is 0 Å². The lowest BCUT2D eigenvalue weighted by molar-refractivity contribution is 0.172. The molecule has 0 unspecified atom stereocenters. The van der Waals surface area contributed by atoms with Crippen LogP contribution < -0.4 is 14.8 Å². The Balaban J connectivity index is 1.31. The lowest BCUT2D eigenvalue weighted by Crippen LogP contribution is -2.26. The average Bonchev–Trinajstić information content (AvgIpc) is 3.20. The van der Waals surface area contributed by atoms with E-state index < -0.39 is 38.3 Å². The highest BCUT2D eigenvalue weighted by Crippen LogP contribution is 2.25.